The number of carbonyl (C=O) groups is 4. The van der Waals surface area contributed by atoms with Crippen molar-refractivity contribution in [3.63, 3.8) is 0 Å². The van der Waals surface area contributed by atoms with Crippen LogP contribution >= 0.6 is 11.8 Å². The second kappa shape index (κ2) is 13.3. The zero-order valence-corrected chi connectivity index (χ0v) is 23.2. The molecule has 38 heavy (non-hydrogen) atoms. The third kappa shape index (κ3) is 8.22. The molecule has 0 aromatic heterocycles. The van der Waals surface area contributed by atoms with Crippen molar-refractivity contribution in [2.24, 2.45) is 0 Å². The zero-order valence-electron chi connectivity index (χ0n) is 22.3. The fourth-order valence-corrected chi connectivity index (χ4v) is 4.84. The molecule has 0 radical (unpaired) electrons. The van der Waals surface area contributed by atoms with Crippen LogP contribution in [0.3, 0.4) is 0 Å². The average Bonchev–Trinajstić information content (AvgIpc) is 2.96. The van der Waals surface area contributed by atoms with Crippen molar-refractivity contribution in [1.82, 2.24) is 4.90 Å². The first-order valence-corrected chi connectivity index (χ1v) is 12.7. The Morgan fingerprint density at radius 3 is 2.11 bits per heavy atom. The molecule has 206 valence electrons. The molecule has 0 fully saturated rings. The number of fused-ring (bicyclic) bond motifs is 1. The number of likely N-dealkylation sites (N-methyl/N-ethyl adjacent to an activating group) is 1. The maximum Gasteiger partial charge on any atom is 0.414 e. The Morgan fingerprint density at radius 1 is 1.03 bits per heavy atom. The van der Waals surface area contributed by atoms with Gasteiger partial charge in [-0.3, -0.25) is 14.5 Å². The molecule has 2 atom stereocenters. The van der Waals surface area contributed by atoms with E-state index in [1.807, 2.05) is 55.6 Å². The third-order valence-corrected chi connectivity index (χ3v) is 7.29. The lowest BCUT2D eigenvalue weighted by atomic mass is 10.0. The van der Waals surface area contributed by atoms with Crippen molar-refractivity contribution in [2.45, 2.75) is 49.5 Å². The van der Waals surface area contributed by atoms with Crippen molar-refractivity contribution >= 4 is 41.3 Å². The molecule has 11 heteroatoms. The highest BCUT2D eigenvalue weighted by molar-refractivity contribution is 7.99. The molecular weight excluding hydrogens is 512 g/mol. The van der Waals surface area contributed by atoms with E-state index < -0.39 is 24.0 Å². The number of carboxylic acids is 2. The first-order valence-electron chi connectivity index (χ1n) is 11.8. The van der Waals surface area contributed by atoms with Gasteiger partial charge in [0.05, 0.1) is 18.0 Å². The number of amides is 1. The minimum atomic E-state index is -1.82. The Hall–Kier alpha value is -3.57. The van der Waals surface area contributed by atoms with Crippen LogP contribution in [0, 0.1) is 0 Å². The van der Waals surface area contributed by atoms with Crippen LogP contribution < -0.4 is 9.64 Å². The number of hydrogen-bond acceptors (Lipinski definition) is 8. The molecule has 10 nitrogen and oxygen atoms in total. The number of para-hydroxylation sites is 1. The van der Waals surface area contributed by atoms with Gasteiger partial charge in [-0.2, -0.15) is 0 Å². The number of thioether (sulfide) groups is 1. The summed E-state index contributed by atoms with van der Waals surface area (Å²) in [7, 11) is 3.66. The van der Waals surface area contributed by atoms with E-state index >= 15 is 0 Å². The molecule has 0 aliphatic carbocycles. The Balaban J connectivity index is 0.000000757. The summed E-state index contributed by atoms with van der Waals surface area (Å²) in [6.07, 6.45) is -0.932. The standard InChI is InChI=1S/C25H32N2O4S.C2H2O4/c1-17(28)31-22-23(18-11-13-19(30-6)14-12-18)32-21-10-8-7-9-20(21)27(24(22)29)16-15-26(5)25(2,3)4;3-1(4)2(5)6/h7-14,22-23H,15-16H2,1-6H3;(H,3,4)(H,5,6)/t22-,23+;/m0./s1. The number of benzene rings is 2. The van der Waals surface area contributed by atoms with Gasteiger partial charge in [-0.25, -0.2) is 9.59 Å². The summed E-state index contributed by atoms with van der Waals surface area (Å²) in [5, 5.41) is 14.4. The van der Waals surface area contributed by atoms with Crippen LogP contribution in [0.15, 0.2) is 53.4 Å². The second-order valence-electron chi connectivity index (χ2n) is 9.50. The summed E-state index contributed by atoms with van der Waals surface area (Å²) in [6, 6.07) is 15.4. The number of anilines is 1. The zero-order chi connectivity index (χ0) is 28.6. The van der Waals surface area contributed by atoms with Gasteiger partial charge in [0.1, 0.15) is 5.75 Å². The van der Waals surface area contributed by atoms with Gasteiger partial charge in [0, 0.05) is 30.4 Å². The summed E-state index contributed by atoms with van der Waals surface area (Å²) in [6.45, 7) is 8.96. The van der Waals surface area contributed by atoms with Crippen LogP contribution in [0.25, 0.3) is 0 Å². The van der Waals surface area contributed by atoms with Gasteiger partial charge in [-0.1, -0.05) is 24.3 Å². The molecule has 3 rings (SSSR count). The van der Waals surface area contributed by atoms with Gasteiger partial charge in [0.25, 0.3) is 5.91 Å². The van der Waals surface area contributed by atoms with E-state index in [1.54, 1.807) is 23.8 Å². The minimum absolute atomic E-state index is 0.0237. The Kier molecular flexibility index (Phi) is 10.7. The van der Waals surface area contributed by atoms with E-state index in [2.05, 4.69) is 25.7 Å². The quantitative estimate of drug-likeness (QED) is 0.408. The first kappa shape index (κ1) is 30.7. The lowest BCUT2D eigenvalue weighted by Gasteiger charge is -2.34. The number of nitrogens with zero attached hydrogens (tertiary/aromatic N) is 2. The van der Waals surface area contributed by atoms with E-state index in [1.165, 1.54) is 6.92 Å². The average molecular weight is 547 g/mol. The molecule has 2 N–H and O–H groups in total. The van der Waals surface area contributed by atoms with Crippen molar-refractivity contribution in [3.8, 4) is 5.75 Å². The fourth-order valence-electron chi connectivity index (χ4n) is 3.52. The normalized spacial score (nSPS) is 17.0. The van der Waals surface area contributed by atoms with Crippen LogP contribution in [0.4, 0.5) is 5.69 Å². The summed E-state index contributed by atoms with van der Waals surface area (Å²) in [4.78, 5) is 49.0. The Bertz CT molecular complexity index is 1130. The maximum absolute atomic E-state index is 13.8. The number of carbonyl (C=O) groups excluding carboxylic acids is 2. The van der Waals surface area contributed by atoms with Crippen LogP contribution in [-0.2, 0) is 23.9 Å². The molecule has 1 amide bonds. The summed E-state index contributed by atoms with van der Waals surface area (Å²) < 4.78 is 10.9. The highest BCUT2D eigenvalue weighted by atomic mass is 32.2. The van der Waals surface area contributed by atoms with Crippen molar-refractivity contribution in [3.05, 3.63) is 54.1 Å². The molecule has 1 aliphatic heterocycles. The monoisotopic (exact) mass is 546 g/mol. The van der Waals surface area contributed by atoms with Crippen LogP contribution in [0.2, 0.25) is 0 Å². The number of carboxylic acid groups (broad SMARTS) is 2. The van der Waals surface area contributed by atoms with Gasteiger partial charge >= 0.3 is 17.9 Å². The minimum Gasteiger partial charge on any atom is -0.497 e. The lowest BCUT2D eigenvalue weighted by Crippen LogP contribution is -2.48. The van der Waals surface area contributed by atoms with Crippen LogP contribution in [0.1, 0.15) is 38.5 Å². The maximum atomic E-state index is 13.8. The summed E-state index contributed by atoms with van der Waals surface area (Å²) in [5.74, 6) is -3.60. The fraction of sp³-hybridized carbons (Fsp3) is 0.407. The van der Waals surface area contributed by atoms with E-state index in [4.69, 9.17) is 29.3 Å². The smallest absolute Gasteiger partial charge is 0.414 e. The Morgan fingerprint density at radius 2 is 1.61 bits per heavy atom. The van der Waals surface area contributed by atoms with Gasteiger partial charge in [-0.05, 0) is 57.6 Å². The van der Waals surface area contributed by atoms with Crippen LogP contribution in [0.5, 0.6) is 5.75 Å². The van der Waals surface area contributed by atoms with Gasteiger partial charge < -0.3 is 24.6 Å². The number of esters is 1. The summed E-state index contributed by atoms with van der Waals surface area (Å²) in [5.41, 5.74) is 1.72. The Labute approximate surface area is 226 Å². The first-order chi connectivity index (χ1) is 17.8. The molecular formula is C27H34N2O8S. The number of ether oxygens (including phenoxy) is 2. The van der Waals surface area contributed by atoms with Crippen molar-refractivity contribution < 1.29 is 38.9 Å². The topological polar surface area (TPSA) is 134 Å². The molecule has 0 saturated heterocycles. The van der Waals surface area contributed by atoms with Crippen molar-refractivity contribution in [1.29, 1.82) is 0 Å². The molecule has 0 unspecified atom stereocenters. The van der Waals surface area contributed by atoms with Gasteiger partial charge in [0.2, 0.25) is 0 Å². The lowest BCUT2D eigenvalue weighted by molar-refractivity contribution is -0.159. The van der Waals surface area contributed by atoms with E-state index in [-0.39, 0.29) is 16.7 Å². The number of rotatable bonds is 6. The molecule has 0 saturated carbocycles. The highest BCUT2D eigenvalue weighted by Gasteiger charge is 2.41. The molecule has 0 bridgehead atoms. The van der Waals surface area contributed by atoms with E-state index in [0.717, 1.165) is 21.9 Å². The van der Waals surface area contributed by atoms with Crippen molar-refractivity contribution in [2.75, 3.05) is 32.1 Å². The highest BCUT2D eigenvalue weighted by Crippen LogP contribution is 2.46. The SMILES string of the molecule is COc1ccc([C@H]2Sc3ccccc3N(CCN(C)C(C)(C)C)C(=O)[C@H]2OC(C)=O)cc1.O=C(O)C(=O)O. The van der Waals surface area contributed by atoms with Gasteiger partial charge in [0.15, 0.2) is 6.10 Å². The van der Waals surface area contributed by atoms with E-state index in [9.17, 15) is 9.59 Å². The molecule has 2 aromatic carbocycles. The van der Waals surface area contributed by atoms with Gasteiger partial charge in [-0.15, -0.1) is 11.8 Å². The number of hydrogen-bond donors (Lipinski definition) is 2. The number of methoxy groups -OCH3 is 1. The largest absolute Gasteiger partial charge is 0.497 e. The molecule has 0 spiro atoms. The van der Waals surface area contributed by atoms with E-state index in [0.29, 0.717) is 13.1 Å². The number of aliphatic carboxylic acids is 2. The third-order valence-electron chi connectivity index (χ3n) is 5.92. The second-order valence-corrected chi connectivity index (χ2v) is 10.7. The predicted molar refractivity (Wildman–Crippen MR) is 144 cm³/mol. The molecule has 1 aliphatic rings. The summed E-state index contributed by atoms with van der Waals surface area (Å²) >= 11 is 1.55. The molecule has 1 heterocycles. The van der Waals surface area contributed by atoms with Crippen LogP contribution in [-0.4, -0.2) is 77.8 Å². The molecule has 2 aromatic rings. The predicted octanol–water partition coefficient (Wildman–Crippen LogP) is 3.69.